The molecule has 1 aromatic carbocycles. The van der Waals surface area contributed by atoms with Crippen LogP contribution in [0.2, 0.25) is 0 Å². The van der Waals surface area contributed by atoms with Crippen LogP contribution in [0, 0.1) is 0 Å². The van der Waals surface area contributed by atoms with E-state index < -0.39 is 5.41 Å². The van der Waals surface area contributed by atoms with Gasteiger partial charge in [-0.3, -0.25) is 4.79 Å². The van der Waals surface area contributed by atoms with E-state index in [1.165, 1.54) is 0 Å². The molecule has 1 fully saturated rings. The predicted molar refractivity (Wildman–Crippen MR) is 74.6 cm³/mol. The zero-order valence-corrected chi connectivity index (χ0v) is 11.2. The van der Waals surface area contributed by atoms with Gasteiger partial charge in [0, 0.05) is 19.2 Å². The summed E-state index contributed by atoms with van der Waals surface area (Å²) in [5.41, 5.74) is 0.475. The second kappa shape index (κ2) is 5.83. The summed E-state index contributed by atoms with van der Waals surface area (Å²) in [6.45, 7) is 2.71. The summed E-state index contributed by atoms with van der Waals surface area (Å²) in [5.74, 6) is 0.170. The molecule has 0 N–H and O–H groups in total. The molecule has 0 saturated carbocycles. The number of allylic oxidation sites excluding steroid dienone is 1. The molecule has 3 heteroatoms. The number of hydrogen-bond donors (Lipinski definition) is 0. The van der Waals surface area contributed by atoms with Crippen molar-refractivity contribution >= 4 is 12.2 Å². The molecule has 0 radical (unpaired) electrons. The van der Waals surface area contributed by atoms with E-state index in [0.29, 0.717) is 12.8 Å². The highest BCUT2D eigenvalue weighted by atomic mass is 16.2. The number of rotatable bonds is 5. The zero-order valence-electron chi connectivity index (χ0n) is 11.2. The van der Waals surface area contributed by atoms with Gasteiger partial charge in [0.1, 0.15) is 6.29 Å². The lowest BCUT2D eigenvalue weighted by Crippen LogP contribution is -2.23. The molecule has 1 aromatic rings. The van der Waals surface area contributed by atoms with Crippen molar-refractivity contribution in [2.45, 2.75) is 31.6 Å². The Balaban J connectivity index is 2.05. The van der Waals surface area contributed by atoms with Gasteiger partial charge < -0.3 is 9.69 Å². The number of nitrogens with zero attached hydrogens (tertiary/aromatic N) is 1. The van der Waals surface area contributed by atoms with Crippen molar-refractivity contribution in [3.05, 3.63) is 48.2 Å². The molecular weight excluding hydrogens is 238 g/mol. The van der Waals surface area contributed by atoms with E-state index in [1.54, 1.807) is 4.90 Å². The molecule has 3 nitrogen and oxygen atoms in total. The maximum atomic E-state index is 11.5. The fourth-order valence-electron chi connectivity index (χ4n) is 2.30. The predicted octanol–water partition coefficient (Wildman–Crippen LogP) is 2.67. The van der Waals surface area contributed by atoms with Crippen molar-refractivity contribution in [3.63, 3.8) is 0 Å². The first-order valence-corrected chi connectivity index (χ1v) is 6.64. The van der Waals surface area contributed by atoms with Gasteiger partial charge in [0.05, 0.1) is 5.41 Å². The lowest BCUT2D eigenvalue weighted by atomic mass is 9.81. The van der Waals surface area contributed by atoms with E-state index >= 15 is 0 Å². The highest BCUT2D eigenvalue weighted by Gasteiger charge is 2.25. The van der Waals surface area contributed by atoms with Crippen LogP contribution in [0.3, 0.4) is 0 Å². The van der Waals surface area contributed by atoms with Gasteiger partial charge in [-0.05, 0) is 25.3 Å². The standard InChI is InChI=1S/C16H19NO2/c1-16(13-18,14-7-3-2-4-8-14)10-6-12-17-11-5-9-15(17)19/h2-4,6-8,12-13H,5,9-11H2,1H3/b12-6+/t16-/m0/s1. The first-order valence-electron chi connectivity index (χ1n) is 6.64. The normalized spacial score (nSPS) is 18.8. The van der Waals surface area contributed by atoms with Gasteiger partial charge >= 0.3 is 0 Å². The second-order valence-electron chi connectivity index (χ2n) is 5.18. The van der Waals surface area contributed by atoms with Crippen LogP contribution in [0.15, 0.2) is 42.6 Å². The molecule has 0 unspecified atom stereocenters. The molecule has 100 valence electrons. The molecule has 19 heavy (non-hydrogen) atoms. The summed E-state index contributed by atoms with van der Waals surface area (Å²) in [7, 11) is 0. The molecule has 1 heterocycles. The minimum atomic E-state index is -0.527. The molecular formula is C16H19NO2. The van der Waals surface area contributed by atoms with Gasteiger partial charge in [0.2, 0.25) is 5.91 Å². The number of hydrogen-bond acceptors (Lipinski definition) is 2. The van der Waals surface area contributed by atoms with Crippen LogP contribution < -0.4 is 0 Å². The fourth-order valence-corrected chi connectivity index (χ4v) is 2.30. The lowest BCUT2D eigenvalue weighted by molar-refractivity contribution is -0.125. The minimum absolute atomic E-state index is 0.170. The first-order chi connectivity index (χ1) is 9.15. The Morgan fingerprint density at radius 3 is 2.63 bits per heavy atom. The Hall–Kier alpha value is -1.90. The van der Waals surface area contributed by atoms with Crippen molar-refractivity contribution in [2.75, 3.05) is 6.54 Å². The zero-order chi connectivity index (χ0) is 13.7. The van der Waals surface area contributed by atoms with Crippen LogP contribution in [0.1, 0.15) is 31.7 Å². The van der Waals surface area contributed by atoms with E-state index in [9.17, 15) is 9.59 Å². The Bertz CT molecular complexity index is 481. The molecule has 1 atom stereocenters. The summed E-state index contributed by atoms with van der Waals surface area (Å²) in [4.78, 5) is 24.6. The molecule has 1 aliphatic rings. The fraction of sp³-hybridized carbons (Fsp3) is 0.375. The topological polar surface area (TPSA) is 37.4 Å². The smallest absolute Gasteiger partial charge is 0.226 e. The van der Waals surface area contributed by atoms with E-state index in [4.69, 9.17) is 0 Å². The van der Waals surface area contributed by atoms with Gasteiger partial charge in [0.15, 0.2) is 0 Å². The summed E-state index contributed by atoms with van der Waals surface area (Å²) < 4.78 is 0. The SMILES string of the molecule is C[C@@](C=O)(C/C=C/N1CCCC1=O)c1ccccc1. The van der Waals surface area contributed by atoms with Gasteiger partial charge in [-0.15, -0.1) is 0 Å². The average Bonchev–Trinajstić information content (AvgIpc) is 2.85. The van der Waals surface area contributed by atoms with Crippen molar-refractivity contribution in [1.82, 2.24) is 4.90 Å². The molecule has 0 spiro atoms. The maximum absolute atomic E-state index is 11.5. The summed E-state index contributed by atoms with van der Waals surface area (Å²) >= 11 is 0. The van der Waals surface area contributed by atoms with Crippen LogP contribution in [0.5, 0.6) is 0 Å². The van der Waals surface area contributed by atoms with E-state index in [0.717, 1.165) is 24.8 Å². The highest BCUT2D eigenvalue weighted by Crippen LogP contribution is 2.26. The second-order valence-corrected chi connectivity index (χ2v) is 5.18. The Labute approximate surface area is 113 Å². The number of carbonyl (C=O) groups excluding carboxylic acids is 2. The van der Waals surface area contributed by atoms with E-state index in [1.807, 2.05) is 49.5 Å². The number of benzene rings is 1. The van der Waals surface area contributed by atoms with Crippen molar-refractivity contribution in [1.29, 1.82) is 0 Å². The quantitative estimate of drug-likeness (QED) is 0.760. The first kappa shape index (κ1) is 13.5. The monoisotopic (exact) mass is 257 g/mol. The van der Waals surface area contributed by atoms with Crippen molar-refractivity contribution in [2.24, 2.45) is 0 Å². The van der Waals surface area contributed by atoms with Crippen LogP contribution in [0.25, 0.3) is 0 Å². The Kier molecular flexibility index (Phi) is 4.15. The van der Waals surface area contributed by atoms with Crippen LogP contribution in [0.4, 0.5) is 0 Å². The summed E-state index contributed by atoms with van der Waals surface area (Å²) in [6, 6.07) is 9.73. The number of amides is 1. The Morgan fingerprint density at radius 1 is 1.32 bits per heavy atom. The number of carbonyl (C=O) groups is 2. The number of likely N-dealkylation sites (tertiary alicyclic amines) is 1. The third-order valence-electron chi connectivity index (χ3n) is 3.63. The molecule has 0 aromatic heterocycles. The lowest BCUT2D eigenvalue weighted by Gasteiger charge is -2.22. The highest BCUT2D eigenvalue weighted by molar-refractivity contribution is 5.79. The summed E-state index contributed by atoms with van der Waals surface area (Å²) in [5, 5.41) is 0. The van der Waals surface area contributed by atoms with E-state index in [-0.39, 0.29) is 5.91 Å². The van der Waals surface area contributed by atoms with Crippen LogP contribution in [-0.4, -0.2) is 23.6 Å². The largest absolute Gasteiger partial charge is 0.319 e. The van der Waals surface area contributed by atoms with Crippen LogP contribution in [-0.2, 0) is 15.0 Å². The molecule has 2 rings (SSSR count). The van der Waals surface area contributed by atoms with Gasteiger partial charge in [-0.1, -0.05) is 36.4 Å². The molecule has 0 aliphatic carbocycles. The maximum Gasteiger partial charge on any atom is 0.226 e. The Morgan fingerprint density at radius 2 is 2.05 bits per heavy atom. The molecule has 1 amide bonds. The molecule has 1 saturated heterocycles. The molecule has 0 bridgehead atoms. The summed E-state index contributed by atoms with van der Waals surface area (Å²) in [6.07, 6.45) is 6.88. The minimum Gasteiger partial charge on any atom is -0.319 e. The van der Waals surface area contributed by atoms with Crippen LogP contribution >= 0.6 is 0 Å². The van der Waals surface area contributed by atoms with Crippen molar-refractivity contribution < 1.29 is 9.59 Å². The third-order valence-corrected chi connectivity index (χ3v) is 3.63. The number of aldehydes is 1. The van der Waals surface area contributed by atoms with Gasteiger partial charge in [0.25, 0.3) is 0 Å². The van der Waals surface area contributed by atoms with Crippen molar-refractivity contribution in [3.8, 4) is 0 Å². The van der Waals surface area contributed by atoms with E-state index in [2.05, 4.69) is 0 Å². The average molecular weight is 257 g/mol. The molecule has 1 aliphatic heterocycles. The van der Waals surface area contributed by atoms with Gasteiger partial charge in [-0.25, -0.2) is 0 Å². The van der Waals surface area contributed by atoms with Gasteiger partial charge in [-0.2, -0.15) is 0 Å². The third kappa shape index (κ3) is 3.11.